The van der Waals surface area contributed by atoms with Crippen molar-refractivity contribution in [2.75, 3.05) is 52.3 Å². The summed E-state index contributed by atoms with van der Waals surface area (Å²) in [5.41, 5.74) is 2.18. The Morgan fingerprint density at radius 2 is 1.82 bits per heavy atom. The molecule has 38 heavy (non-hydrogen) atoms. The number of halogens is 2. The highest BCUT2D eigenvalue weighted by molar-refractivity contribution is 6.32. The van der Waals surface area contributed by atoms with Crippen LogP contribution in [0.25, 0.3) is 6.08 Å². The third-order valence-electron chi connectivity index (χ3n) is 6.93. The molecule has 2 bridgehead atoms. The molecule has 1 aliphatic carbocycles. The van der Waals surface area contributed by atoms with Crippen LogP contribution in [0.1, 0.15) is 25.3 Å². The number of carbonyl (C=O) groups excluding carboxylic acids is 3. The summed E-state index contributed by atoms with van der Waals surface area (Å²) in [5, 5.41) is 3.06. The van der Waals surface area contributed by atoms with Gasteiger partial charge in [-0.1, -0.05) is 23.3 Å². The van der Waals surface area contributed by atoms with Crippen molar-refractivity contribution in [1.29, 1.82) is 0 Å². The minimum absolute atomic E-state index is 0.110. The predicted molar refractivity (Wildman–Crippen MR) is 143 cm³/mol. The van der Waals surface area contributed by atoms with Gasteiger partial charge in [-0.15, -0.1) is 0 Å². The molecule has 2 aliphatic heterocycles. The highest BCUT2D eigenvalue weighted by Crippen LogP contribution is 2.32. The summed E-state index contributed by atoms with van der Waals surface area (Å²) in [6, 6.07) is 2.74. The van der Waals surface area contributed by atoms with Gasteiger partial charge in [0.2, 0.25) is 11.8 Å². The Morgan fingerprint density at radius 1 is 1.11 bits per heavy atom. The fraction of sp³-hybridized carbons (Fsp3) is 0.444. The zero-order valence-corrected chi connectivity index (χ0v) is 22.5. The summed E-state index contributed by atoms with van der Waals surface area (Å²) in [7, 11) is 2.84. The van der Waals surface area contributed by atoms with Crippen LogP contribution in [0.2, 0.25) is 5.02 Å². The third-order valence-corrected chi connectivity index (χ3v) is 7.22. The molecule has 4 rings (SSSR count). The first-order chi connectivity index (χ1) is 18.2. The van der Waals surface area contributed by atoms with E-state index in [0.29, 0.717) is 67.6 Å². The molecule has 2 saturated heterocycles. The lowest BCUT2D eigenvalue weighted by Gasteiger charge is -2.52. The number of carbonyl (C=O) groups is 3. The second-order valence-corrected chi connectivity index (χ2v) is 10.1. The topological polar surface area (TPSA) is 91.4 Å². The second kappa shape index (κ2) is 12.0. The fourth-order valence-electron chi connectivity index (χ4n) is 5.27. The lowest BCUT2D eigenvalue weighted by molar-refractivity contribution is -0.139. The first kappa shape index (κ1) is 27.7. The first-order valence-electron chi connectivity index (χ1n) is 12.4. The van der Waals surface area contributed by atoms with Crippen molar-refractivity contribution in [2.45, 2.75) is 31.8 Å². The molecule has 2 fully saturated rings. The Morgan fingerprint density at radius 3 is 2.39 bits per heavy atom. The van der Waals surface area contributed by atoms with Crippen molar-refractivity contribution in [3.8, 4) is 5.75 Å². The molecule has 3 amide bonds. The number of methoxy groups -OCH3 is 2. The summed E-state index contributed by atoms with van der Waals surface area (Å²) in [6.45, 7) is 3.91. The Labute approximate surface area is 226 Å². The quantitative estimate of drug-likeness (QED) is 0.545. The van der Waals surface area contributed by atoms with Crippen molar-refractivity contribution < 1.29 is 28.2 Å². The number of fused-ring (bicyclic) bond motifs is 2. The number of anilines is 1. The minimum atomic E-state index is -0.417. The number of rotatable bonds is 6. The van der Waals surface area contributed by atoms with E-state index in [0.717, 1.165) is 5.57 Å². The lowest BCUT2D eigenvalue weighted by atomic mass is 9.97. The predicted octanol–water partition coefficient (Wildman–Crippen LogP) is 3.86. The van der Waals surface area contributed by atoms with Crippen LogP contribution in [0, 0.1) is 0 Å². The van der Waals surface area contributed by atoms with Crippen LogP contribution in [-0.4, -0.2) is 91.6 Å². The van der Waals surface area contributed by atoms with Crippen LogP contribution < -0.4 is 10.1 Å². The molecule has 0 aromatic heterocycles. The molecule has 9 nitrogen and oxygen atoms in total. The van der Waals surface area contributed by atoms with Crippen molar-refractivity contribution in [1.82, 2.24) is 14.7 Å². The Bertz CT molecular complexity index is 1180. The zero-order chi connectivity index (χ0) is 27.4. The van der Waals surface area contributed by atoms with Gasteiger partial charge in [-0.3, -0.25) is 14.5 Å². The molecule has 2 unspecified atom stereocenters. The van der Waals surface area contributed by atoms with Gasteiger partial charge in [0.05, 0.1) is 31.3 Å². The zero-order valence-electron chi connectivity index (χ0n) is 21.7. The monoisotopic (exact) mass is 546 g/mol. The minimum Gasteiger partial charge on any atom is -0.495 e. The molecule has 1 aromatic rings. The van der Waals surface area contributed by atoms with E-state index in [9.17, 15) is 18.8 Å². The maximum Gasteiger partial charge on any atom is 0.409 e. The van der Waals surface area contributed by atoms with Gasteiger partial charge in [0.15, 0.2) is 0 Å². The highest BCUT2D eigenvalue weighted by Gasteiger charge is 2.43. The normalized spacial score (nSPS) is 21.6. The standard InChI is InChI=1S/C27H32ClFN4O5/c1-17(34)30-24-11-23(28)25(37-2)10-19(24)6-9-26(35)33-21-13-31(12-18-4-7-20(29)8-5-18)14-22(33)16-32(15-21)27(36)38-3/h4,6-7,9-11,21-22H,5,8,12-16H2,1-3H3,(H,30,34)/b9-6+. The molecule has 2 heterocycles. The molecule has 0 spiro atoms. The van der Waals surface area contributed by atoms with Gasteiger partial charge in [-0.25, -0.2) is 9.18 Å². The average Bonchev–Trinajstić information content (AvgIpc) is 2.87. The number of nitrogens with zero attached hydrogens (tertiary/aromatic N) is 3. The first-order valence-corrected chi connectivity index (χ1v) is 12.8. The van der Waals surface area contributed by atoms with Gasteiger partial charge >= 0.3 is 6.09 Å². The largest absolute Gasteiger partial charge is 0.495 e. The van der Waals surface area contributed by atoms with Gasteiger partial charge in [0.25, 0.3) is 0 Å². The molecule has 0 saturated carbocycles. The van der Waals surface area contributed by atoms with Gasteiger partial charge in [0.1, 0.15) is 11.6 Å². The van der Waals surface area contributed by atoms with E-state index >= 15 is 0 Å². The third kappa shape index (κ3) is 6.36. The number of hydrogen-bond acceptors (Lipinski definition) is 6. The molecule has 1 N–H and O–H groups in total. The van der Waals surface area contributed by atoms with Crippen LogP contribution in [-0.2, 0) is 14.3 Å². The Hall–Kier alpha value is -3.37. The van der Waals surface area contributed by atoms with Crippen molar-refractivity contribution >= 4 is 41.3 Å². The summed E-state index contributed by atoms with van der Waals surface area (Å²) in [5.74, 6) is -0.166. The number of allylic oxidation sites excluding steroid dienone is 3. The summed E-state index contributed by atoms with van der Waals surface area (Å²) in [4.78, 5) is 43.2. The van der Waals surface area contributed by atoms with Crippen molar-refractivity contribution in [3.63, 3.8) is 0 Å². The SMILES string of the molecule is COC(=O)N1CC2CN(CC3=CC=C(F)CC3)CC(C1)N2C(=O)/C=C/c1cc(OC)c(Cl)cc1NC(C)=O. The number of benzene rings is 1. The lowest BCUT2D eigenvalue weighted by Crippen LogP contribution is -2.70. The maximum absolute atomic E-state index is 13.5. The second-order valence-electron chi connectivity index (χ2n) is 9.65. The molecular formula is C27H32ClFN4O5. The maximum atomic E-state index is 13.5. The Balaban J connectivity index is 1.55. The number of amides is 3. The molecular weight excluding hydrogens is 515 g/mol. The van der Waals surface area contributed by atoms with Crippen molar-refractivity contribution in [2.24, 2.45) is 0 Å². The number of piperazine rings is 2. The molecule has 11 heteroatoms. The average molecular weight is 547 g/mol. The summed E-state index contributed by atoms with van der Waals surface area (Å²) in [6.07, 6.45) is 7.12. The molecule has 0 radical (unpaired) electrons. The number of ether oxygens (including phenoxy) is 2. The fourth-order valence-corrected chi connectivity index (χ4v) is 5.51. The summed E-state index contributed by atoms with van der Waals surface area (Å²) >= 11 is 6.23. The molecule has 1 aromatic carbocycles. The van der Waals surface area contributed by atoms with Crippen molar-refractivity contribution in [3.05, 3.63) is 52.3 Å². The van der Waals surface area contributed by atoms with Crippen LogP contribution in [0.3, 0.4) is 0 Å². The van der Waals surface area contributed by atoms with Crippen LogP contribution in [0.15, 0.2) is 41.8 Å². The van der Waals surface area contributed by atoms with E-state index < -0.39 is 6.09 Å². The molecule has 3 aliphatic rings. The highest BCUT2D eigenvalue weighted by atomic mass is 35.5. The number of nitrogens with one attached hydrogen (secondary N) is 1. The van der Waals surface area contributed by atoms with Gasteiger partial charge < -0.3 is 24.6 Å². The molecule has 204 valence electrons. The van der Waals surface area contributed by atoms with E-state index in [-0.39, 0.29) is 29.7 Å². The van der Waals surface area contributed by atoms with E-state index in [1.165, 1.54) is 33.3 Å². The smallest absolute Gasteiger partial charge is 0.409 e. The van der Waals surface area contributed by atoms with Gasteiger partial charge in [-0.2, -0.15) is 0 Å². The molecule has 2 atom stereocenters. The van der Waals surface area contributed by atoms with E-state index in [1.54, 1.807) is 23.1 Å². The van der Waals surface area contributed by atoms with Crippen LogP contribution >= 0.6 is 11.6 Å². The Kier molecular flexibility index (Phi) is 8.73. The van der Waals surface area contributed by atoms with Gasteiger partial charge in [0, 0.05) is 63.4 Å². The van der Waals surface area contributed by atoms with E-state index in [2.05, 4.69) is 10.2 Å². The summed E-state index contributed by atoms with van der Waals surface area (Å²) < 4.78 is 23.7. The number of hydrogen-bond donors (Lipinski definition) is 1. The van der Waals surface area contributed by atoms with Crippen LogP contribution in [0.4, 0.5) is 14.9 Å². The van der Waals surface area contributed by atoms with Crippen LogP contribution in [0.5, 0.6) is 5.75 Å². The van der Waals surface area contributed by atoms with E-state index in [1.807, 2.05) is 11.0 Å². The van der Waals surface area contributed by atoms with E-state index in [4.69, 9.17) is 21.1 Å². The van der Waals surface area contributed by atoms with Gasteiger partial charge in [-0.05, 0) is 30.7 Å².